The standard InChI is InChI=1S/C7H12O/c1-3-5-6-7-8-4-2/h6-7H,3,5H2,1-2H3. The summed E-state index contributed by atoms with van der Waals surface area (Å²) in [6, 6.07) is 0. The fraction of sp³-hybridized carbons (Fsp3) is 0.571. The molecule has 0 fully saturated rings. The zero-order chi connectivity index (χ0) is 6.24. The third-order valence-electron chi connectivity index (χ3n) is 0.737. The van der Waals surface area contributed by atoms with Gasteiger partial charge in [-0.15, -0.1) is 0 Å². The van der Waals surface area contributed by atoms with Crippen LogP contribution >= 0.6 is 0 Å². The lowest BCUT2D eigenvalue weighted by atomic mass is 10.3. The summed E-state index contributed by atoms with van der Waals surface area (Å²) in [5, 5.41) is 0. The number of hydrogen-bond acceptors (Lipinski definition) is 1. The first kappa shape index (κ1) is 7.54. The minimum atomic E-state index is 1.08. The van der Waals surface area contributed by atoms with Gasteiger partial charge in [0, 0.05) is 0 Å². The second kappa shape index (κ2) is 6.54. The Bertz CT molecular complexity index is 49.4. The van der Waals surface area contributed by atoms with E-state index in [-0.39, 0.29) is 0 Å². The summed E-state index contributed by atoms with van der Waals surface area (Å²) in [4.78, 5) is 0. The van der Waals surface area contributed by atoms with Crippen LogP contribution in [-0.2, 0) is 4.74 Å². The minimum Gasteiger partial charge on any atom is -0.487 e. The van der Waals surface area contributed by atoms with Gasteiger partial charge in [-0.2, -0.15) is 0 Å². The number of ether oxygens (including phenoxy) is 1. The summed E-state index contributed by atoms with van der Waals surface area (Å²) in [5.41, 5.74) is 0. The van der Waals surface area contributed by atoms with Gasteiger partial charge in [-0.3, -0.25) is 0 Å². The van der Waals surface area contributed by atoms with Crippen LogP contribution in [0, 0.1) is 6.61 Å². The molecule has 0 N–H and O–H groups in total. The van der Waals surface area contributed by atoms with E-state index in [0.29, 0.717) is 0 Å². The van der Waals surface area contributed by atoms with Gasteiger partial charge in [0.05, 0.1) is 6.26 Å². The van der Waals surface area contributed by atoms with E-state index in [1.165, 1.54) is 6.42 Å². The number of allylic oxidation sites excluding steroid dienone is 1. The average molecular weight is 112 g/mol. The topological polar surface area (TPSA) is 9.23 Å². The molecule has 46 valence electrons. The van der Waals surface area contributed by atoms with Crippen molar-refractivity contribution >= 4 is 0 Å². The van der Waals surface area contributed by atoms with Crippen LogP contribution in [0.1, 0.15) is 26.7 Å². The Morgan fingerprint density at radius 3 is 2.88 bits per heavy atom. The van der Waals surface area contributed by atoms with Gasteiger partial charge in [0.25, 0.3) is 0 Å². The van der Waals surface area contributed by atoms with Crippen molar-refractivity contribution in [3.05, 3.63) is 18.9 Å². The van der Waals surface area contributed by atoms with E-state index in [1.807, 2.05) is 6.08 Å². The van der Waals surface area contributed by atoms with Crippen LogP contribution in [0.15, 0.2) is 12.3 Å². The van der Waals surface area contributed by atoms with Gasteiger partial charge in [0.2, 0.25) is 0 Å². The lowest BCUT2D eigenvalue weighted by Crippen LogP contribution is -1.68. The highest BCUT2D eigenvalue weighted by atomic mass is 16.5. The predicted octanol–water partition coefficient (Wildman–Crippen LogP) is 2.38. The second-order valence-electron chi connectivity index (χ2n) is 1.48. The van der Waals surface area contributed by atoms with E-state index in [2.05, 4.69) is 13.5 Å². The maximum absolute atomic E-state index is 4.70. The molecule has 2 radical (unpaired) electrons. The molecule has 0 aliphatic carbocycles. The number of rotatable bonds is 4. The van der Waals surface area contributed by atoms with Crippen LogP contribution in [0.5, 0.6) is 0 Å². The molecule has 0 unspecified atom stereocenters. The Kier molecular flexibility index (Phi) is 6.16. The van der Waals surface area contributed by atoms with Gasteiger partial charge >= 0.3 is 0 Å². The van der Waals surface area contributed by atoms with Gasteiger partial charge in [-0.25, -0.2) is 0 Å². The van der Waals surface area contributed by atoms with Crippen molar-refractivity contribution in [1.82, 2.24) is 0 Å². The molecular weight excluding hydrogens is 100 g/mol. The molecule has 0 atom stereocenters. The van der Waals surface area contributed by atoms with Crippen molar-refractivity contribution in [2.45, 2.75) is 26.7 Å². The van der Waals surface area contributed by atoms with Gasteiger partial charge in [-0.05, 0) is 19.4 Å². The van der Waals surface area contributed by atoms with Gasteiger partial charge in [0.15, 0.2) is 6.61 Å². The highest BCUT2D eigenvalue weighted by Gasteiger charge is 1.72. The van der Waals surface area contributed by atoms with Crippen molar-refractivity contribution in [2.75, 3.05) is 0 Å². The Balaban J connectivity index is 2.83. The maximum Gasteiger partial charge on any atom is 0.191 e. The smallest absolute Gasteiger partial charge is 0.191 e. The predicted molar refractivity (Wildman–Crippen MR) is 34.0 cm³/mol. The summed E-state index contributed by atoms with van der Waals surface area (Å²) in [7, 11) is 0. The molecule has 0 spiro atoms. The number of unbranched alkanes of at least 4 members (excludes halogenated alkanes) is 1. The van der Waals surface area contributed by atoms with Crippen LogP contribution in [0.3, 0.4) is 0 Å². The fourth-order valence-electron chi connectivity index (χ4n) is 0.351. The van der Waals surface area contributed by atoms with E-state index in [9.17, 15) is 0 Å². The first-order valence-corrected chi connectivity index (χ1v) is 2.89. The molecule has 1 nitrogen and oxygen atoms in total. The molecule has 0 bridgehead atoms. The van der Waals surface area contributed by atoms with Gasteiger partial charge in [-0.1, -0.05) is 13.3 Å². The molecule has 0 aromatic rings. The van der Waals surface area contributed by atoms with Gasteiger partial charge in [0.1, 0.15) is 0 Å². The molecule has 0 saturated carbocycles. The van der Waals surface area contributed by atoms with E-state index >= 15 is 0 Å². The summed E-state index contributed by atoms with van der Waals surface area (Å²) >= 11 is 0. The summed E-state index contributed by atoms with van der Waals surface area (Å²) in [6.07, 6.45) is 5.89. The van der Waals surface area contributed by atoms with Crippen molar-refractivity contribution in [2.24, 2.45) is 0 Å². The minimum absolute atomic E-state index is 1.08. The molecule has 0 aromatic carbocycles. The van der Waals surface area contributed by atoms with E-state index in [4.69, 9.17) is 4.74 Å². The lowest BCUT2D eigenvalue weighted by molar-refractivity contribution is 0.340. The Hall–Kier alpha value is -0.460. The second-order valence-corrected chi connectivity index (χ2v) is 1.48. The van der Waals surface area contributed by atoms with Crippen molar-refractivity contribution in [1.29, 1.82) is 0 Å². The first-order chi connectivity index (χ1) is 3.91. The van der Waals surface area contributed by atoms with Crippen molar-refractivity contribution in [3.63, 3.8) is 0 Å². The van der Waals surface area contributed by atoms with Gasteiger partial charge < -0.3 is 4.74 Å². The quantitative estimate of drug-likeness (QED) is 0.507. The summed E-state index contributed by atoms with van der Waals surface area (Å²) in [5.74, 6) is 0. The lowest BCUT2D eigenvalue weighted by Gasteiger charge is -1.87. The van der Waals surface area contributed by atoms with E-state index in [1.54, 1.807) is 13.2 Å². The molecule has 0 rings (SSSR count). The SMILES string of the molecule is C[C]OC=CCCC. The normalized spacial score (nSPS) is 10.2. The largest absolute Gasteiger partial charge is 0.487 e. The molecular formula is C7H12O. The van der Waals surface area contributed by atoms with Crippen molar-refractivity contribution in [3.8, 4) is 0 Å². The first-order valence-electron chi connectivity index (χ1n) is 2.89. The third-order valence-corrected chi connectivity index (χ3v) is 0.737. The van der Waals surface area contributed by atoms with E-state index < -0.39 is 0 Å². The molecule has 0 heterocycles. The van der Waals surface area contributed by atoms with Crippen molar-refractivity contribution < 1.29 is 4.74 Å². The molecule has 0 aliphatic rings. The Morgan fingerprint density at radius 1 is 1.62 bits per heavy atom. The fourth-order valence-corrected chi connectivity index (χ4v) is 0.351. The average Bonchev–Trinajstić information content (AvgIpc) is 1.81. The third kappa shape index (κ3) is 5.54. The van der Waals surface area contributed by atoms with Crippen LogP contribution in [0.2, 0.25) is 0 Å². The van der Waals surface area contributed by atoms with E-state index in [0.717, 1.165) is 6.42 Å². The van der Waals surface area contributed by atoms with Crippen LogP contribution in [-0.4, -0.2) is 0 Å². The Morgan fingerprint density at radius 2 is 2.38 bits per heavy atom. The molecule has 0 amide bonds. The molecule has 0 aliphatic heterocycles. The molecule has 1 heteroatoms. The number of hydrogen-bond donors (Lipinski definition) is 0. The summed E-state index contributed by atoms with van der Waals surface area (Å²) in [6.45, 7) is 6.40. The Labute approximate surface area is 51.4 Å². The van der Waals surface area contributed by atoms with Crippen LogP contribution in [0.25, 0.3) is 0 Å². The molecule has 0 saturated heterocycles. The monoisotopic (exact) mass is 112 g/mol. The summed E-state index contributed by atoms with van der Waals surface area (Å²) < 4.78 is 4.70. The zero-order valence-corrected chi connectivity index (χ0v) is 5.48. The van der Waals surface area contributed by atoms with Crippen LogP contribution < -0.4 is 0 Å². The highest BCUT2D eigenvalue weighted by Crippen LogP contribution is 1.89. The van der Waals surface area contributed by atoms with Crippen LogP contribution in [0.4, 0.5) is 0 Å². The highest BCUT2D eigenvalue weighted by molar-refractivity contribution is 4.72. The maximum atomic E-state index is 4.70. The molecule has 0 aromatic heterocycles. The molecule has 8 heavy (non-hydrogen) atoms. The zero-order valence-electron chi connectivity index (χ0n) is 5.48.